The average Bonchev–Trinajstić information content (AvgIpc) is 2.47. The van der Waals surface area contributed by atoms with Crippen molar-refractivity contribution in [2.24, 2.45) is 0 Å². The molecule has 0 saturated heterocycles. The van der Waals surface area contributed by atoms with Gasteiger partial charge in [-0.25, -0.2) is 0 Å². The molecule has 0 radical (unpaired) electrons. The van der Waals surface area contributed by atoms with Crippen molar-refractivity contribution >= 4 is 97.6 Å². The van der Waals surface area contributed by atoms with Crippen LogP contribution in [-0.4, -0.2) is 61.1 Å². The normalized spacial score (nSPS) is 14.6. The van der Waals surface area contributed by atoms with E-state index in [1.165, 1.54) is 12.2 Å². The first-order valence-corrected chi connectivity index (χ1v) is 13.8. The molecule has 8 heteroatoms. The summed E-state index contributed by atoms with van der Waals surface area (Å²) in [4.78, 5) is 0. The lowest BCUT2D eigenvalue weighted by molar-refractivity contribution is 0.900. The monoisotopic (exact) mass is 440 g/mol. The molecule has 0 nitrogen and oxygen atoms in total. The Labute approximate surface area is 170 Å². The van der Waals surface area contributed by atoms with Crippen molar-refractivity contribution in [2.45, 2.75) is 28.4 Å². The van der Waals surface area contributed by atoms with Crippen LogP contribution in [0.25, 0.3) is 0 Å². The predicted octanol–water partition coefficient (Wildman–Crippen LogP) is 5.11. The van der Waals surface area contributed by atoms with Crippen molar-refractivity contribution in [1.29, 1.82) is 0 Å². The van der Waals surface area contributed by atoms with Crippen LogP contribution in [0.2, 0.25) is 0 Å². The van der Waals surface area contributed by atoms with Crippen LogP contribution in [0.5, 0.6) is 0 Å². The Hall–Kier alpha value is 2.80. The fourth-order valence-electron chi connectivity index (χ4n) is 1.56. The van der Waals surface area contributed by atoms with E-state index >= 15 is 0 Å². The zero-order chi connectivity index (χ0) is 15.9. The lowest BCUT2D eigenvalue weighted by Gasteiger charge is -2.26. The van der Waals surface area contributed by atoms with E-state index in [1.807, 2.05) is 11.8 Å². The van der Waals surface area contributed by atoms with Gasteiger partial charge in [0.15, 0.2) is 0 Å². The molecule has 0 heterocycles. The number of hydrogen-bond donors (Lipinski definition) is 4. The van der Waals surface area contributed by atoms with Gasteiger partial charge in [-0.05, 0) is 29.4 Å². The van der Waals surface area contributed by atoms with Gasteiger partial charge in [0.1, 0.15) is 0 Å². The molecule has 0 aromatic carbocycles. The fraction of sp³-hybridized carbons (Fsp3) is 1.00. The van der Waals surface area contributed by atoms with Crippen LogP contribution in [0.15, 0.2) is 0 Å². The average molecular weight is 441 g/mol. The Balaban J connectivity index is 4.31. The van der Waals surface area contributed by atoms with Gasteiger partial charge in [0.25, 0.3) is 0 Å². The summed E-state index contributed by atoms with van der Waals surface area (Å²) < 4.78 is 0.656. The third-order valence-electron chi connectivity index (χ3n) is 2.38. The van der Waals surface area contributed by atoms with E-state index in [-0.39, 0.29) is 0 Å². The predicted molar refractivity (Wildman–Crippen MR) is 127 cm³/mol. The summed E-state index contributed by atoms with van der Waals surface area (Å²) >= 11 is 25.8. The molecular weight excluding hydrogens is 413 g/mol. The van der Waals surface area contributed by atoms with Gasteiger partial charge in [-0.15, -0.1) is 23.5 Å². The Morgan fingerprint density at radius 1 is 0.810 bits per heavy atom. The topological polar surface area (TPSA) is 0 Å². The summed E-state index contributed by atoms with van der Waals surface area (Å²) in [5.74, 6) is 8.65. The largest absolute Gasteiger partial charge is 0.179 e. The van der Waals surface area contributed by atoms with E-state index in [0.29, 0.717) is 15.1 Å². The highest BCUT2D eigenvalue weighted by atomic mass is 32.2. The van der Waals surface area contributed by atoms with Crippen LogP contribution >= 0.6 is 97.6 Å². The van der Waals surface area contributed by atoms with Gasteiger partial charge in [0.2, 0.25) is 0 Å². The van der Waals surface area contributed by atoms with Crippen LogP contribution in [0.1, 0.15) is 13.3 Å². The molecule has 0 N–H and O–H groups in total. The summed E-state index contributed by atoms with van der Waals surface area (Å²) in [6.07, 6.45) is 1.27. The Kier molecular flexibility index (Phi) is 20.0. The highest BCUT2D eigenvalue weighted by Crippen LogP contribution is 2.36. The van der Waals surface area contributed by atoms with Gasteiger partial charge in [-0.1, -0.05) is 6.92 Å². The second-order valence-corrected chi connectivity index (χ2v) is 11.9. The molecule has 21 heavy (non-hydrogen) atoms. The molecule has 0 amide bonds. The van der Waals surface area contributed by atoms with Crippen LogP contribution in [0, 0.1) is 0 Å². The third-order valence-corrected chi connectivity index (χ3v) is 10.4. The van der Waals surface area contributed by atoms with Gasteiger partial charge in [0.05, 0.1) is 4.58 Å². The van der Waals surface area contributed by atoms with E-state index in [2.05, 4.69) is 92.7 Å². The number of thioether (sulfide) groups is 4. The quantitative estimate of drug-likeness (QED) is 0.159. The highest BCUT2D eigenvalue weighted by Gasteiger charge is 2.22. The molecule has 0 spiro atoms. The fourth-order valence-corrected chi connectivity index (χ4v) is 8.03. The van der Waals surface area contributed by atoms with Crippen LogP contribution in [-0.2, 0) is 0 Å². The number of hydrogen-bond acceptors (Lipinski definition) is 8. The zero-order valence-electron chi connectivity index (χ0n) is 12.5. The number of thiol groups is 4. The van der Waals surface area contributed by atoms with E-state index in [0.717, 1.165) is 40.3 Å². The lowest BCUT2D eigenvalue weighted by atomic mass is 10.4. The first kappa shape index (κ1) is 23.8. The molecule has 2 atom stereocenters. The van der Waals surface area contributed by atoms with Crippen molar-refractivity contribution in [3.8, 4) is 0 Å². The van der Waals surface area contributed by atoms with Gasteiger partial charge >= 0.3 is 0 Å². The summed E-state index contributed by atoms with van der Waals surface area (Å²) in [7, 11) is 0. The maximum atomic E-state index is 4.45. The molecule has 0 saturated carbocycles. The molecule has 0 aliphatic heterocycles. The maximum Gasteiger partial charge on any atom is 0.0621 e. The summed E-state index contributed by atoms with van der Waals surface area (Å²) in [6.45, 7) is 2.16. The van der Waals surface area contributed by atoms with Crippen LogP contribution in [0.4, 0.5) is 0 Å². The van der Waals surface area contributed by atoms with Crippen molar-refractivity contribution in [3.63, 3.8) is 0 Å². The molecule has 0 rings (SSSR count). The molecule has 0 aromatic heterocycles. The Morgan fingerprint density at radius 3 is 1.81 bits per heavy atom. The van der Waals surface area contributed by atoms with Gasteiger partial charge in [-0.2, -0.15) is 74.0 Å². The number of rotatable bonds is 15. The minimum absolute atomic E-state index is 0.492. The van der Waals surface area contributed by atoms with Gasteiger partial charge in [-0.3, -0.25) is 0 Å². The third kappa shape index (κ3) is 14.8. The summed E-state index contributed by atoms with van der Waals surface area (Å²) in [5.41, 5.74) is 0. The Morgan fingerprint density at radius 2 is 1.33 bits per heavy atom. The zero-order valence-corrected chi connectivity index (χ0v) is 19.4. The van der Waals surface area contributed by atoms with E-state index in [9.17, 15) is 0 Å². The van der Waals surface area contributed by atoms with Crippen LogP contribution in [0.3, 0.4) is 0 Å². The van der Waals surface area contributed by atoms with E-state index in [4.69, 9.17) is 0 Å². The smallest absolute Gasteiger partial charge is 0.0621 e. The second-order valence-electron chi connectivity index (χ2n) is 4.40. The molecule has 0 aliphatic carbocycles. The maximum absolute atomic E-state index is 4.45. The molecule has 128 valence electrons. The first-order chi connectivity index (χ1) is 10.2. The SMILES string of the molecule is CC(S)CSCCC(SCCS)C(SCCS)SCCS. The van der Waals surface area contributed by atoms with Crippen molar-refractivity contribution in [1.82, 2.24) is 0 Å². The van der Waals surface area contributed by atoms with Crippen LogP contribution < -0.4 is 0 Å². The van der Waals surface area contributed by atoms with Crippen molar-refractivity contribution in [2.75, 3.05) is 46.0 Å². The molecular formula is C13H28S8. The molecule has 0 aliphatic rings. The molecule has 0 aromatic rings. The van der Waals surface area contributed by atoms with Gasteiger partial charge < -0.3 is 0 Å². The van der Waals surface area contributed by atoms with Gasteiger partial charge in [0, 0.05) is 33.5 Å². The van der Waals surface area contributed by atoms with E-state index < -0.39 is 0 Å². The highest BCUT2D eigenvalue weighted by molar-refractivity contribution is 8.18. The lowest BCUT2D eigenvalue weighted by Crippen LogP contribution is -2.20. The minimum Gasteiger partial charge on any atom is -0.179 e. The summed E-state index contributed by atoms with van der Waals surface area (Å²) in [6, 6.07) is 0. The first-order valence-electron chi connectivity index (χ1n) is 7.08. The molecule has 0 fully saturated rings. The van der Waals surface area contributed by atoms with E-state index in [1.54, 1.807) is 0 Å². The second kappa shape index (κ2) is 17.6. The molecule has 2 unspecified atom stereocenters. The minimum atomic E-state index is 0.492. The summed E-state index contributed by atoms with van der Waals surface area (Å²) in [5, 5.41) is 1.20. The van der Waals surface area contributed by atoms with Crippen molar-refractivity contribution in [3.05, 3.63) is 0 Å². The molecule has 0 bridgehead atoms. The van der Waals surface area contributed by atoms with Crippen molar-refractivity contribution < 1.29 is 0 Å². The Bertz CT molecular complexity index is 206. The standard InChI is InChI=1S/C13H28S8/c1-11(17)10-18-6-2-12(19-7-3-14)13(20-8-4-15)21-9-5-16/h11-17H,2-10H2,1H3.